The van der Waals surface area contributed by atoms with Crippen LogP contribution in [0.4, 0.5) is 0 Å². The molecule has 0 unspecified atom stereocenters. The van der Waals surface area contributed by atoms with Crippen LogP contribution in [0.15, 0.2) is 0 Å². The molecule has 27 heteroatoms. The standard InChI is InChI=1S/3H4O7P2/c3*1-8(2,3)7-9(4,5)6/h3*(H2,1,2,3)(H2,4,5,6). The Morgan fingerprint density at radius 1 is 0.296 bits per heavy atom. The highest BCUT2D eigenvalue weighted by atomic mass is 31.3. The van der Waals surface area contributed by atoms with Gasteiger partial charge in [0.15, 0.2) is 0 Å². The highest BCUT2D eigenvalue weighted by molar-refractivity contribution is 7.61. The van der Waals surface area contributed by atoms with E-state index in [-0.39, 0.29) is 0 Å². The first-order valence-electron chi connectivity index (χ1n) is 4.59. The molecule has 0 amide bonds. The molecule has 0 heterocycles. The zero-order chi connectivity index (χ0) is 23.1. The average molecular weight is 534 g/mol. The molecule has 0 aromatic heterocycles. The predicted octanol–water partition coefficient (Wildman–Crippen LogP) is -2.43. The number of rotatable bonds is 6. The molecule has 12 N–H and O–H groups in total. The Bertz CT molecular complexity index is 542. The van der Waals surface area contributed by atoms with Gasteiger partial charge in [-0.05, 0) is 0 Å². The first-order valence-corrected chi connectivity index (χ1v) is 13.8. The fraction of sp³-hybridized carbons (Fsp3) is 0. The van der Waals surface area contributed by atoms with Gasteiger partial charge in [-0.1, -0.05) is 0 Å². The topological polar surface area (TPSA) is 373 Å². The van der Waals surface area contributed by atoms with E-state index in [0.29, 0.717) is 0 Å². The van der Waals surface area contributed by atoms with Gasteiger partial charge in [0.2, 0.25) is 0 Å². The lowest BCUT2D eigenvalue weighted by molar-refractivity contribution is 0.221. The molecule has 0 radical (unpaired) electrons. The van der Waals surface area contributed by atoms with Gasteiger partial charge >= 0.3 is 46.9 Å². The maximum absolute atomic E-state index is 9.63. The van der Waals surface area contributed by atoms with Gasteiger partial charge in [0, 0.05) is 0 Å². The minimum absolute atomic E-state index is 2.96. The highest BCUT2D eigenvalue weighted by Gasteiger charge is 2.29. The van der Waals surface area contributed by atoms with Gasteiger partial charge in [-0.15, -0.1) is 0 Å². The summed E-state index contributed by atoms with van der Waals surface area (Å²) in [5, 5.41) is 0. The van der Waals surface area contributed by atoms with Gasteiger partial charge < -0.3 is 58.7 Å². The van der Waals surface area contributed by atoms with Gasteiger partial charge in [-0.3, -0.25) is 0 Å². The quantitative estimate of drug-likeness (QED) is 0.157. The van der Waals surface area contributed by atoms with E-state index in [1.165, 1.54) is 0 Å². The van der Waals surface area contributed by atoms with Crippen molar-refractivity contribution < 1.29 is 99.0 Å². The largest absolute Gasteiger partial charge is 0.478 e. The molecular weight excluding hydrogens is 522 g/mol. The molecule has 168 valence electrons. The van der Waals surface area contributed by atoms with Crippen LogP contribution in [0.25, 0.3) is 0 Å². The van der Waals surface area contributed by atoms with Gasteiger partial charge in [-0.2, -0.15) is 12.9 Å². The van der Waals surface area contributed by atoms with Crippen molar-refractivity contribution in [2.24, 2.45) is 0 Å². The third-order valence-electron chi connectivity index (χ3n) is 0.638. The van der Waals surface area contributed by atoms with Crippen molar-refractivity contribution in [3.05, 3.63) is 0 Å². The van der Waals surface area contributed by atoms with E-state index in [2.05, 4.69) is 12.9 Å². The van der Waals surface area contributed by atoms with Crippen molar-refractivity contribution in [2.45, 2.75) is 0 Å². The van der Waals surface area contributed by atoms with Crippen LogP contribution in [0, 0.1) is 0 Å². The molecule has 0 fully saturated rings. The Labute approximate surface area is 147 Å². The van der Waals surface area contributed by atoms with Gasteiger partial charge in [0.1, 0.15) is 0 Å². The normalized spacial score (nSPS) is 13.8. The number of hydrogen-bond acceptors (Lipinski definition) is 9. The fourth-order valence-electron chi connectivity index (χ4n) is 0.416. The number of hydrogen-bond donors (Lipinski definition) is 12. The van der Waals surface area contributed by atoms with E-state index in [9.17, 15) is 27.4 Å². The molecule has 21 nitrogen and oxygen atoms in total. The second kappa shape index (κ2) is 11.2. The molecule has 27 heavy (non-hydrogen) atoms. The summed E-state index contributed by atoms with van der Waals surface area (Å²) in [6.07, 6.45) is 0. The highest BCUT2D eigenvalue weighted by Crippen LogP contribution is 2.55. The predicted molar refractivity (Wildman–Crippen MR) is 75.5 cm³/mol. The van der Waals surface area contributed by atoms with E-state index >= 15 is 0 Å². The molecule has 0 aliphatic carbocycles. The second-order valence-corrected chi connectivity index (χ2v) is 11.0. The Morgan fingerprint density at radius 3 is 0.370 bits per heavy atom. The molecule has 0 aliphatic rings. The molecule has 0 spiro atoms. The van der Waals surface area contributed by atoms with Crippen LogP contribution in [-0.2, 0) is 40.3 Å². The minimum Gasteiger partial charge on any atom is -0.302 e. The lowest BCUT2D eigenvalue weighted by Crippen LogP contribution is -1.84. The van der Waals surface area contributed by atoms with Gasteiger partial charge in [-0.25, -0.2) is 27.4 Å². The van der Waals surface area contributed by atoms with Crippen molar-refractivity contribution >= 4 is 46.9 Å². The lowest BCUT2D eigenvalue weighted by Gasteiger charge is -2.03. The van der Waals surface area contributed by atoms with Crippen molar-refractivity contribution in [3.63, 3.8) is 0 Å². The SMILES string of the molecule is O=P(O)(O)OP(=O)(O)O.O=P(O)(O)OP(=O)(O)O.O=P(O)(O)OP(=O)(O)O. The summed E-state index contributed by atoms with van der Waals surface area (Å²) in [6.45, 7) is 0. The zero-order valence-electron chi connectivity index (χ0n) is 11.7. The van der Waals surface area contributed by atoms with Crippen molar-refractivity contribution in [1.82, 2.24) is 0 Å². The summed E-state index contributed by atoms with van der Waals surface area (Å²) in [7, 11) is -30.3. The van der Waals surface area contributed by atoms with E-state index in [1.54, 1.807) is 0 Å². The molecule has 0 saturated heterocycles. The second-order valence-electron chi connectivity index (χ2n) is 3.19. The van der Waals surface area contributed by atoms with Crippen molar-refractivity contribution in [2.75, 3.05) is 0 Å². The lowest BCUT2D eigenvalue weighted by atomic mass is 15.7. The smallest absolute Gasteiger partial charge is 0.302 e. The minimum atomic E-state index is -5.05. The van der Waals surface area contributed by atoms with Gasteiger partial charge in [0.05, 0.1) is 0 Å². The van der Waals surface area contributed by atoms with Crippen LogP contribution in [-0.4, -0.2) is 58.7 Å². The van der Waals surface area contributed by atoms with E-state index in [4.69, 9.17) is 58.7 Å². The van der Waals surface area contributed by atoms with Gasteiger partial charge in [0.25, 0.3) is 0 Å². The van der Waals surface area contributed by atoms with E-state index < -0.39 is 46.9 Å². The first kappa shape index (κ1) is 32.4. The number of phosphoric acid groups is 6. The summed E-state index contributed by atoms with van der Waals surface area (Å²) in [5.74, 6) is 0. The molecular formula is H12O21P6. The summed E-state index contributed by atoms with van der Waals surface area (Å²) >= 11 is 0. The third-order valence-corrected chi connectivity index (χ3v) is 5.74. The van der Waals surface area contributed by atoms with Crippen molar-refractivity contribution in [3.8, 4) is 0 Å². The Balaban J connectivity index is -0.000000320. The van der Waals surface area contributed by atoms with Crippen LogP contribution in [0.5, 0.6) is 0 Å². The molecule has 0 saturated carbocycles. The first-order chi connectivity index (χ1) is 11.1. The van der Waals surface area contributed by atoms with E-state index in [1.807, 2.05) is 0 Å². The van der Waals surface area contributed by atoms with Crippen LogP contribution in [0.3, 0.4) is 0 Å². The summed E-state index contributed by atoms with van der Waals surface area (Å²) in [5.41, 5.74) is 0. The molecule has 0 aromatic rings. The monoisotopic (exact) mass is 534 g/mol. The Kier molecular flexibility index (Phi) is 13.5. The summed E-state index contributed by atoms with van der Waals surface area (Å²) in [6, 6.07) is 0. The van der Waals surface area contributed by atoms with Crippen LogP contribution in [0.2, 0.25) is 0 Å². The Morgan fingerprint density at radius 2 is 0.370 bits per heavy atom. The van der Waals surface area contributed by atoms with Crippen LogP contribution >= 0.6 is 46.9 Å². The molecule has 0 aliphatic heterocycles. The van der Waals surface area contributed by atoms with Crippen LogP contribution < -0.4 is 0 Å². The van der Waals surface area contributed by atoms with Crippen molar-refractivity contribution in [1.29, 1.82) is 0 Å². The maximum atomic E-state index is 9.63. The molecule has 0 aromatic carbocycles. The van der Waals surface area contributed by atoms with E-state index in [0.717, 1.165) is 0 Å². The maximum Gasteiger partial charge on any atom is 0.478 e. The molecule has 0 rings (SSSR count). The zero-order valence-corrected chi connectivity index (χ0v) is 17.1. The fourth-order valence-corrected chi connectivity index (χ4v) is 3.74. The Hall–Kier alpha value is 0.780. The molecule has 0 atom stereocenters. The third kappa shape index (κ3) is 46.6. The summed E-state index contributed by atoms with van der Waals surface area (Å²) < 4.78 is 66.6. The molecule has 0 bridgehead atoms. The van der Waals surface area contributed by atoms with Crippen LogP contribution in [0.1, 0.15) is 0 Å². The summed E-state index contributed by atoms with van der Waals surface area (Å²) in [4.78, 5) is 93.0. The average Bonchev–Trinajstić information content (AvgIpc) is 1.96.